The summed E-state index contributed by atoms with van der Waals surface area (Å²) in [5.41, 5.74) is 2.46. The Hall–Kier alpha value is -4.57. The minimum absolute atomic E-state index is 0.0397. The van der Waals surface area contributed by atoms with Crippen LogP contribution in [0.3, 0.4) is 0 Å². The Balaban J connectivity index is 1.23. The number of urea groups is 1. The molecule has 11 heteroatoms. The Bertz CT molecular complexity index is 1560. The number of ether oxygens (including phenoxy) is 2. The Kier molecular flexibility index (Phi) is 12.1. The highest BCUT2D eigenvalue weighted by atomic mass is 35.5. The zero-order chi connectivity index (χ0) is 33.0. The summed E-state index contributed by atoms with van der Waals surface area (Å²) in [6, 6.07) is 21.7. The smallest absolute Gasteiger partial charge is 0.331 e. The van der Waals surface area contributed by atoms with E-state index in [2.05, 4.69) is 10.6 Å². The highest BCUT2D eigenvalue weighted by Gasteiger charge is 2.27. The van der Waals surface area contributed by atoms with Gasteiger partial charge in [0, 0.05) is 32.1 Å². The minimum Gasteiger partial charge on any atom is -0.493 e. The van der Waals surface area contributed by atoms with Crippen molar-refractivity contribution in [2.24, 2.45) is 10.9 Å². The van der Waals surface area contributed by atoms with E-state index in [1.807, 2.05) is 48.5 Å². The molecule has 1 heterocycles. The van der Waals surface area contributed by atoms with E-state index in [9.17, 15) is 14.4 Å². The van der Waals surface area contributed by atoms with Crippen molar-refractivity contribution in [2.45, 2.75) is 58.0 Å². The third kappa shape index (κ3) is 9.96. The first-order valence-electron chi connectivity index (χ1n) is 16.2. The number of benzene rings is 3. The van der Waals surface area contributed by atoms with E-state index in [1.54, 1.807) is 41.1 Å². The minimum atomic E-state index is -0.560. The third-order valence-electron chi connectivity index (χ3n) is 8.35. The normalized spacial score (nSPS) is 14.4. The monoisotopic (exact) mass is 659 g/mol. The molecule has 1 saturated carbocycles. The van der Waals surface area contributed by atoms with E-state index in [0.29, 0.717) is 54.9 Å². The van der Waals surface area contributed by atoms with Crippen molar-refractivity contribution in [3.8, 4) is 11.5 Å². The number of hydrogen-bond acceptors (Lipinski definition) is 7. The van der Waals surface area contributed by atoms with Gasteiger partial charge < -0.3 is 24.6 Å². The van der Waals surface area contributed by atoms with Gasteiger partial charge in [0.25, 0.3) is 0 Å². The third-order valence-corrected chi connectivity index (χ3v) is 8.66. The average Bonchev–Trinajstić information content (AvgIpc) is 3.08. The number of hydrogen-bond donors (Lipinski definition) is 2. The van der Waals surface area contributed by atoms with E-state index in [0.717, 1.165) is 24.0 Å². The van der Waals surface area contributed by atoms with Crippen LogP contribution in [0.15, 0.2) is 77.8 Å². The van der Waals surface area contributed by atoms with Crippen LogP contribution in [0.5, 0.6) is 11.5 Å². The number of guanidine groups is 1. The molecule has 5 rings (SSSR count). The molecule has 3 aromatic rings. The molecule has 1 aliphatic heterocycles. The zero-order valence-electron chi connectivity index (χ0n) is 26.8. The highest BCUT2D eigenvalue weighted by molar-refractivity contribution is 6.32. The van der Waals surface area contributed by atoms with Crippen LogP contribution in [-0.2, 0) is 22.7 Å². The SMILES string of the molecule is CN(Cc1ccccc1)C(=O)CCCOc1cccc2c1CN(CC(=O)Oc1ccccc1Cl)C(NC(=O)NCC1CCCCC1)=N2. The van der Waals surface area contributed by atoms with Gasteiger partial charge in [0.1, 0.15) is 18.0 Å². The molecule has 3 amide bonds. The fourth-order valence-corrected chi connectivity index (χ4v) is 5.97. The number of rotatable bonds is 12. The van der Waals surface area contributed by atoms with Gasteiger partial charge in [-0.2, -0.15) is 0 Å². The second-order valence-corrected chi connectivity index (χ2v) is 12.4. The van der Waals surface area contributed by atoms with Gasteiger partial charge >= 0.3 is 12.0 Å². The number of carbonyl (C=O) groups is 3. The van der Waals surface area contributed by atoms with Crippen LogP contribution < -0.4 is 20.1 Å². The molecule has 47 heavy (non-hydrogen) atoms. The summed E-state index contributed by atoms with van der Waals surface area (Å²) in [5.74, 6) is 1.03. The van der Waals surface area contributed by atoms with Gasteiger partial charge in [-0.05, 0) is 55.0 Å². The maximum atomic E-state index is 13.1. The topological polar surface area (TPSA) is 113 Å². The first-order valence-corrected chi connectivity index (χ1v) is 16.6. The second kappa shape index (κ2) is 16.8. The maximum absolute atomic E-state index is 13.1. The van der Waals surface area contributed by atoms with Crippen LogP contribution in [0, 0.1) is 5.92 Å². The van der Waals surface area contributed by atoms with E-state index < -0.39 is 5.97 Å². The fourth-order valence-electron chi connectivity index (χ4n) is 5.80. The van der Waals surface area contributed by atoms with E-state index in [1.165, 1.54) is 19.3 Å². The molecule has 0 spiro atoms. The molecule has 0 radical (unpaired) electrons. The van der Waals surface area contributed by atoms with Gasteiger partial charge in [-0.15, -0.1) is 0 Å². The average molecular weight is 660 g/mol. The molecule has 3 aromatic carbocycles. The molecule has 0 bridgehead atoms. The van der Waals surface area contributed by atoms with Gasteiger partial charge in [-0.1, -0.05) is 79.4 Å². The summed E-state index contributed by atoms with van der Waals surface area (Å²) in [4.78, 5) is 46.8. The summed E-state index contributed by atoms with van der Waals surface area (Å²) >= 11 is 6.21. The lowest BCUT2D eigenvalue weighted by Gasteiger charge is -2.31. The first kappa shape index (κ1) is 33.8. The Morgan fingerprint density at radius 1 is 0.957 bits per heavy atom. The molecule has 10 nitrogen and oxygen atoms in total. The van der Waals surface area contributed by atoms with Gasteiger partial charge in [0.15, 0.2) is 0 Å². The van der Waals surface area contributed by atoms with Crippen molar-refractivity contribution < 1.29 is 23.9 Å². The Labute approximate surface area is 281 Å². The van der Waals surface area contributed by atoms with Crippen molar-refractivity contribution in [2.75, 3.05) is 26.7 Å². The molecule has 1 aliphatic carbocycles. The fraction of sp³-hybridized carbons (Fsp3) is 0.389. The molecule has 0 aromatic heterocycles. The van der Waals surface area contributed by atoms with Crippen LogP contribution in [0.25, 0.3) is 0 Å². The van der Waals surface area contributed by atoms with Crippen LogP contribution >= 0.6 is 11.6 Å². The van der Waals surface area contributed by atoms with Crippen LogP contribution in [-0.4, -0.2) is 60.4 Å². The number of aliphatic imine (C=N–C) groups is 1. The molecular weight excluding hydrogens is 618 g/mol. The van der Waals surface area contributed by atoms with Gasteiger partial charge in [0.2, 0.25) is 11.9 Å². The number of para-hydroxylation sites is 1. The van der Waals surface area contributed by atoms with Crippen LogP contribution in [0.2, 0.25) is 5.02 Å². The number of esters is 1. The van der Waals surface area contributed by atoms with Gasteiger partial charge in [-0.3, -0.25) is 10.1 Å². The number of carbonyl (C=O) groups excluding carboxylic acids is 3. The quantitative estimate of drug-likeness (QED) is 0.131. The molecule has 0 atom stereocenters. The van der Waals surface area contributed by atoms with Gasteiger partial charge in [-0.25, -0.2) is 14.6 Å². The zero-order valence-corrected chi connectivity index (χ0v) is 27.5. The lowest BCUT2D eigenvalue weighted by Crippen LogP contribution is -2.51. The molecule has 2 N–H and O–H groups in total. The van der Waals surface area contributed by atoms with E-state index in [4.69, 9.17) is 26.1 Å². The maximum Gasteiger partial charge on any atom is 0.331 e. The lowest BCUT2D eigenvalue weighted by atomic mass is 9.89. The summed E-state index contributed by atoms with van der Waals surface area (Å²) in [5, 5.41) is 6.14. The van der Waals surface area contributed by atoms with E-state index >= 15 is 0 Å². The Morgan fingerprint density at radius 2 is 1.70 bits per heavy atom. The number of halogens is 1. The number of nitrogens with one attached hydrogen (secondary N) is 2. The predicted molar refractivity (Wildman–Crippen MR) is 182 cm³/mol. The van der Waals surface area contributed by atoms with Crippen molar-refractivity contribution in [3.63, 3.8) is 0 Å². The molecule has 0 saturated heterocycles. The number of nitrogens with zero attached hydrogens (tertiary/aromatic N) is 3. The first-order chi connectivity index (χ1) is 22.9. The summed E-state index contributed by atoms with van der Waals surface area (Å²) in [6.45, 7) is 1.52. The van der Waals surface area contributed by atoms with E-state index in [-0.39, 0.29) is 36.7 Å². The summed E-state index contributed by atoms with van der Waals surface area (Å²) in [6.07, 6.45) is 6.71. The highest BCUT2D eigenvalue weighted by Crippen LogP contribution is 2.34. The van der Waals surface area contributed by atoms with Crippen molar-refractivity contribution in [3.05, 3.63) is 88.9 Å². The second-order valence-electron chi connectivity index (χ2n) is 12.0. The number of fused-ring (bicyclic) bond motifs is 1. The molecular formula is C36H42ClN5O5. The standard InChI is InChI=1S/C36H42ClN5O5/c1-41(23-27-14-6-3-7-15-27)33(43)20-11-21-46-31-19-10-17-30-28(31)24-42(25-34(44)47-32-18-9-8-16-29(32)37)35(39-30)40-36(45)38-22-26-12-4-2-5-13-26/h3,6-10,14-19,26H,2,4-5,11-13,20-25H2,1H3,(H2,38,39,40,45). The largest absolute Gasteiger partial charge is 0.493 e. The summed E-state index contributed by atoms with van der Waals surface area (Å²) in [7, 11) is 1.80. The van der Waals surface area contributed by atoms with Crippen molar-refractivity contribution in [1.29, 1.82) is 0 Å². The Morgan fingerprint density at radius 3 is 2.49 bits per heavy atom. The van der Waals surface area contributed by atoms with Crippen LogP contribution in [0.4, 0.5) is 10.5 Å². The summed E-state index contributed by atoms with van der Waals surface area (Å²) < 4.78 is 11.7. The van der Waals surface area contributed by atoms with Gasteiger partial charge in [0.05, 0.1) is 23.9 Å². The molecule has 0 unspecified atom stereocenters. The van der Waals surface area contributed by atoms with Crippen LogP contribution in [0.1, 0.15) is 56.1 Å². The molecule has 1 fully saturated rings. The van der Waals surface area contributed by atoms with Crippen molar-refractivity contribution in [1.82, 2.24) is 20.4 Å². The predicted octanol–water partition coefficient (Wildman–Crippen LogP) is 6.45. The molecule has 2 aliphatic rings. The van der Waals surface area contributed by atoms with Crippen molar-refractivity contribution >= 4 is 41.2 Å². The lowest BCUT2D eigenvalue weighted by molar-refractivity contribution is -0.135. The number of amides is 3. The molecule has 248 valence electrons.